The summed E-state index contributed by atoms with van der Waals surface area (Å²) in [6.45, 7) is 8.78. The van der Waals surface area contributed by atoms with Gasteiger partial charge in [0.2, 0.25) is 11.8 Å². The predicted molar refractivity (Wildman–Crippen MR) is 62.9 cm³/mol. The third-order valence-corrected chi connectivity index (χ3v) is 3.12. The highest BCUT2D eigenvalue weighted by atomic mass is 16.2. The maximum atomic E-state index is 12.1. The highest BCUT2D eigenvalue weighted by Gasteiger charge is 2.33. The largest absolute Gasteiger partial charge is 0.341 e. The van der Waals surface area contributed by atoms with Crippen LogP contribution in [-0.2, 0) is 9.59 Å². The summed E-state index contributed by atoms with van der Waals surface area (Å²) in [7, 11) is 1.84. The van der Waals surface area contributed by atoms with Crippen molar-refractivity contribution in [2.75, 3.05) is 20.1 Å². The Kier molecular flexibility index (Phi) is 3.61. The van der Waals surface area contributed by atoms with Crippen LogP contribution in [0.25, 0.3) is 0 Å². The minimum atomic E-state index is -0.349. The molecule has 2 amide bonds. The molecule has 1 rings (SSSR count). The van der Waals surface area contributed by atoms with E-state index in [0.717, 1.165) is 13.0 Å². The van der Waals surface area contributed by atoms with E-state index in [4.69, 9.17) is 0 Å². The molecule has 4 heteroatoms. The first-order valence-corrected chi connectivity index (χ1v) is 5.76. The normalized spacial score (nSPS) is 21.1. The SMILES string of the molecule is CC(=O)N1CCC(N(C)C(=O)C(C)(C)C)C1. The van der Waals surface area contributed by atoms with Crippen LogP contribution in [0.4, 0.5) is 0 Å². The van der Waals surface area contributed by atoms with Gasteiger partial charge in [0, 0.05) is 32.5 Å². The predicted octanol–water partition coefficient (Wildman–Crippen LogP) is 1.11. The number of carbonyl (C=O) groups excluding carboxylic acids is 2. The van der Waals surface area contributed by atoms with Crippen molar-refractivity contribution in [3.05, 3.63) is 0 Å². The molecule has 92 valence electrons. The standard InChI is InChI=1S/C12H22N2O2/c1-9(15)14-7-6-10(8-14)13(5)11(16)12(2,3)4/h10H,6-8H2,1-5H3. The fraction of sp³-hybridized carbons (Fsp3) is 0.833. The first-order chi connectivity index (χ1) is 7.23. The molecule has 1 fully saturated rings. The van der Waals surface area contributed by atoms with Gasteiger partial charge in [-0.25, -0.2) is 0 Å². The lowest BCUT2D eigenvalue weighted by atomic mass is 9.94. The smallest absolute Gasteiger partial charge is 0.228 e. The second kappa shape index (κ2) is 4.44. The fourth-order valence-electron chi connectivity index (χ4n) is 2.04. The first-order valence-electron chi connectivity index (χ1n) is 5.76. The Bertz CT molecular complexity index is 294. The van der Waals surface area contributed by atoms with E-state index >= 15 is 0 Å². The van der Waals surface area contributed by atoms with E-state index in [0.29, 0.717) is 6.54 Å². The molecule has 1 saturated heterocycles. The van der Waals surface area contributed by atoms with Crippen LogP contribution in [0, 0.1) is 5.41 Å². The minimum Gasteiger partial charge on any atom is -0.341 e. The highest BCUT2D eigenvalue weighted by Crippen LogP contribution is 2.22. The van der Waals surface area contributed by atoms with Crippen LogP contribution in [0.5, 0.6) is 0 Å². The number of carbonyl (C=O) groups is 2. The van der Waals surface area contributed by atoms with Gasteiger partial charge in [-0.05, 0) is 6.42 Å². The number of hydrogen-bond acceptors (Lipinski definition) is 2. The molecule has 0 aliphatic carbocycles. The van der Waals surface area contributed by atoms with Crippen molar-refractivity contribution < 1.29 is 9.59 Å². The van der Waals surface area contributed by atoms with Crippen LogP contribution < -0.4 is 0 Å². The summed E-state index contributed by atoms with van der Waals surface area (Å²) in [4.78, 5) is 26.9. The summed E-state index contributed by atoms with van der Waals surface area (Å²) in [6.07, 6.45) is 0.887. The van der Waals surface area contributed by atoms with Crippen molar-refractivity contribution in [1.82, 2.24) is 9.80 Å². The molecule has 0 N–H and O–H groups in total. The van der Waals surface area contributed by atoms with E-state index in [1.807, 2.05) is 27.8 Å². The van der Waals surface area contributed by atoms with Gasteiger partial charge in [-0.3, -0.25) is 9.59 Å². The molecule has 1 unspecified atom stereocenters. The fourth-order valence-corrected chi connectivity index (χ4v) is 2.04. The Morgan fingerprint density at radius 2 is 1.88 bits per heavy atom. The summed E-state index contributed by atoms with van der Waals surface area (Å²) < 4.78 is 0. The number of amides is 2. The minimum absolute atomic E-state index is 0.0964. The molecule has 1 atom stereocenters. The van der Waals surface area contributed by atoms with Gasteiger partial charge < -0.3 is 9.80 Å². The van der Waals surface area contributed by atoms with Crippen LogP contribution in [0.3, 0.4) is 0 Å². The topological polar surface area (TPSA) is 40.6 Å². The summed E-state index contributed by atoms with van der Waals surface area (Å²) in [5, 5.41) is 0. The molecule has 1 heterocycles. The molecule has 16 heavy (non-hydrogen) atoms. The monoisotopic (exact) mass is 226 g/mol. The lowest BCUT2D eigenvalue weighted by molar-refractivity contribution is -0.140. The molecule has 0 aromatic heterocycles. The average Bonchev–Trinajstić information content (AvgIpc) is 2.62. The van der Waals surface area contributed by atoms with Gasteiger partial charge in [0.25, 0.3) is 0 Å². The van der Waals surface area contributed by atoms with Crippen LogP contribution >= 0.6 is 0 Å². The Morgan fingerprint density at radius 1 is 1.31 bits per heavy atom. The van der Waals surface area contributed by atoms with Gasteiger partial charge in [0.05, 0.1) is 6.04 Å². The van der Waals surface area contributed by atoms with Gasteiger partial charge in [-0.1, -0.05) is 20.8 Å². The molecule has 4 nitrogen and oxygen atoms in total. The van der Waals surface area contributed by atoms with Gasteiger partial charge in [-0.15, -0.1) is 0 Å². The Labute approximate surface area is 97.6 Å². The maximum Gasteiger partial charge on any atom is 0.228 e. The first kappa shape index (κ1) is 13.0. The lowest BCUT2D eigenvalue weighted by Crippen LogP contribution is -2.44. The number of nitrogens with zero attached hydrogens (tertiary/aromatic N) is 2. The maximum absolute atomic E-state index is 12.1. The Balaban J connectivity index is 2.61. The van der Waals surface area contributed by atoms with Crippen LogP contribution in [0.1, 0.15) is 34.1 Å². The molecule has 0 bridgehead atoms. The van der Waals surface area contributed by atoms with Crippen molar-refractivity contribution in [2.45, 2.75) is 40.2 Å². The molecule has 0 aromatic rings. The Morgan fingerprint density at radius 3 is 2.25 bits per heavy atom. The summed E-state index contributed by atoms with van der Waals surface area (Å²) in [5.41, 5.74) is -0.349. The van der Waals surface area contributed by atoms with Crippen molar-refractivity contribution >= 4 is 11.8 Å². The van der Waals surface area contributed by atoms with Crippen LogP contribution in [-0.4, -0.2) is 47.8 Å². The molecule has 0 radical (unpaired) electrons. The number of likely N-dealkylation sites (tertiary alicyclic amines) is 1. The lowest BCUT2D eigenvalue weighted by Gasteiger charge is -2.30. The molecular weight excluding hydrogens is 204 g/mol. The van der Waals surface area contributed by atoms with E-state index in [1.54, 1.807) is 16.7 Å². The van der Waals surface area contributed by atoms with Gasteiger partial charge in [0.15, 0.2) is 0 Å². The number of rotatable bonds is 1. The molecular formula is C12H22N2O2. The molecule has 0 spiro atoms. The summed E-state index contributed by atoms with van der Waals surface area (Å²) in [5.74, 6) is 0.238. The van der Waals surface area contributed by atoms with Gasteiger partial charge in [0.1, 0.15) is 0 Å². The van der Waals surface area contributed by atoms with Crippen LogP contribution in [0.15, 0.2) is 0 Å². The van der Waals surface area contributed by atoms with E-state index in [-0.39, 0.29) is 23.3 Å². The molecule has 0 aromatic carbocycles. The van der Waals surface area contributed by atoms with Crippen molar-refractivity contribution in [2.24, 2.45) is 5.41 Å². The van der Waals surface area contributed by atoms with E-state index in [1.165, 1.54) is 0 Å². The zero-order valence-electron chi connectivity index (χ0n) is 10.9. The quantitative estimate of drug-likeness (QED) is 0.672. The zero-order chi connectivity index (χ0) is 12.5. The van der Waals surface area contributed by atoms with E-state index in [2.05, 4.69) is 0 Å². The van der Waals surface area contributed by atoms with E-state index in [9.17, 15) is 9.59 Å². The second-order valence-corrected chi connectivity index (χ2v) is 5.57. The van der Waals surface area contributed by atoms with Crippen molar-refractivity contribution in [1.29, 1.82) is 0 Å². The summed E-state index contributed by atoms with van der Waals surface area (Å²) in [6, 6.07) is 0.177. The average molecular weight is 226 g/mol. The second-order valence-electron chi connectivity index (χ2n) is 5.57. The van der Waals surface area contributed by atoms with Crippen molar-refractivity contribution in [3.8, 4) is 0 Å². The molecule has 0 saturated carbocycles. The van der Waals surface area contributed by atoms with Gasteiger partial charge >= 0.3 is 0 Å². The molecule has 1 aliphatic rings. The third kappa shape index (κ3) is 2.74. The summed E-state index contributed by atoms with van der Waals surface area (Å²) >= 11 is 0. The Hall–Kier alpha value is -1.06. The van der Waals surface area contributed by atoms with E-state index < -0.39 is 0 Å². The van der Waals surface area contributed by atoms with Crippen molar-refractivity contribution in [3.63, 3.8) is 0 Å². The number of likely N-dealkylation sites (N-methyl/N-ethyl adjacent to an activating group) is 1. The van der Waals surface area contributed by atoms with Gasteiger partial charge in [-0.2, -0.15) is 0 Å². The third-order valence-electron chi connectivity index (χ3n) is 3.12. The molecule has 1 aliphatic heterocycles. The number of hydrogen-bond donors (Lipinski definition) is 0. The van der Waals surface area contributed by atoms with Crippen LogP contribution in [0.2, 0.25) is 0 Å². The highest BCUT2D eigenvalue weighted by molar-refractivity contribution is 5.81. The zero-order valence-corrected chi connectivity index (χ0v) is 10.9.